The average molecular weight is 181 g/mol. The highest BCUT2D eigenvalue weighted by Gasteiger charge is 2.24. The molecule has 0 aromatic rings. The van der Waals surface area contributed by atoms with Crippen molar-refractivity contribution < 1.29 is 4.79 Å². The highest BCUT2D eigenvalue weighted by atomic mass is 16.2. The van der Waals surface area contributed by atoms with Gasteiger partial charge in [-0.2, -0.15) is 5.26 Å². The molecule has 1 aliphatic rings. The van der Waals surface area contributed by atoms with Crippen LogP contribution in [0.15, 0.2) is 0 Å². The van der Waals surface area contributed by atoms with Gasteiger partial charge in [0.1, 0.15) is 5.54 Å². The Labute approximate surface area is 78.5 Å². The lowest BCUT2D eigenvalue weighted by Gasteiger charge is -2.22. The molecular weight excluding hydrogens is 166 g/mol. The smallest absolute Gasteiger partial charge is 0.318 e. The van der Waals surface area contributed by atoms with Crippen molar-refractivity contribution in [3.8, 4) is 6.07 Å². The van der Waals surface area contributed by atoms with Crippen LogP contribution in [0.25, 0.3) is 0 Å². The van der Waals surface area contributed by atoms with Crippen LogP contribution in [-0.4, -0.2) is 29.6 Å². The maximum absolute atomic E-state index is 11.5. The molecule has 4 nitrogen and oxygen atoms in total. The minimum Gasteiger partial charge on any atom is -0.325 e. The normalized spacial score (nSPS) is 16.8. The van der Waals surface area contributed by atoms with Crippen molar-refractivity contribution in [2.75, 3.05) is 13.1 Å². The van der Waals surface area contributed by atoms with Crippen molar-refractivity contribution in [3.63, 3.8) is 0 Å². The molecule has 1 aliphatic heterocycles. The van der Waals surface area contributed by atoms with Crippen LogP contribution in [0.1, 0.15) is 26.7 Å². The molecule has 0 aliphatic carbocycles. The molecule has 1 rings (SSSR count). The molecule has 1 N–H and O–H groups in total. The number of amides is 2. The monoisotopic (exact) mass is 181 g/mol. The van der Waals surface area contributed by atoms with E-state index >= 15 is 0 Å². The van der Waals surface area contributed by atoms with E-state index in [1.807, 2.05) is 6.07 Å². The molecule has 1 heterocycles. The zero-order valence-electron chi connectivity index (χ0n) is 8.13. The van der Waals surface area contributed by atoms with Gasteiger partial charge in [-0.25, -0.2) is 4.79 Å². The summed E-state index contributed by atoms with van der Waals surface area (Å²) in [6.07, 6.45) is 2.14. The van der Waals surface area contributed by atoms with E-state index in [1.165, 1.54) is 0 Å². The number of rotatable bonds is 1. The summed E-state index contributed by atoms with van der Waals surface area (Å²) in [6, 6.07) is 1.92. The molecule has 2 amide bonds. The molecule has 4 heteroatoms. The van der Waals surface area contributed by atoms with Gasteiger partial charge in [-0.1, -0.05) is 0 Å². The molecule has 0 bridgehead atoms. The number of hydrogen-bond acceptors (Lipinski definition) is 2. The van der Waals surface area contributed by atoms with Gasteiger partial charge in [0.15, 0.2) is 0 Å². The molecule has 0 saturated carbocycles. The topological polar surface area (TPSA) is 56.1 Å². The van der Waals surface area contributed by atoms with Crippen LogP contribution in [0, 0.1) is 11.3 Å². The third kappa shape index (κ3) is 2.62. The molecule has 0 aromatic heterocycles. The second-order valence-corrected chi connectivity index (χ2v) is 3.86. The van der Waals surface area contributed by atoms with Crippen molar-refractivity contribution in [3.05, 3.63) is 0 Å². The Morgan fingerprint density at radius 3 is 2.46 bits per heavy atom. The fourth-order valence-electron chi connectivity index (χ4n) is 1.29. The lowest BCUT2D eigenvalue weighted by Crippen LogP contribution is -2.48. The zero-order chi connectivity index (χ0) is 9.90. The first-order valence-corrected chi connectivity index (χ1v) is 4.53. The highest BCUT2D eigenvalue weighted by molar-refractivity contribution is 5.75. The number of nitrogens with one attached hydrogen (secondary N) is 1. The molecule has 0 atom stereocenters. The lowest BCUT2D eigenvalue weighted by atomic mass is 10.1. The molecule has 13 heavy (non-hydrogen) atoms. The van der Waals surface area contributed by atoms with E-state index in [1.54, 1.807) is 18.7 Å². The predicted octanol–water partition coefficient (Wildman–Crippen LogP) is 1.09. The van der Waals surface area contributed by atoms with Gasteiger partial charge in [0.2, 0.25) is 0 Å². The minimum atomic E-state index is -0.764. The average Bonchev–Trinajstić information content (AvgIpc) is 2.55. The molecule has 1 fully saturated rings. The minimum absolute atomic E-state index is 0.121. The van der Waals surface area contributed by atoms with Gasteiger partial charge in [0, 0.05) is 13.1 Å². The Kier molecular flexibility index (Phi) is 2.76. The van der Waals surface area contributed by atoms with Crippen LogP contribution in [0.3, 0.4) is 0 Å². The van der Waals surface area contributed by atoms with Crippen LogP contribution in [-0.2, 0) is 0 Å². The predicted molar refractivity (Wildman–Crippen MR) is 49.0 cm³/mol. The third-order valence-electron chi connectivity index (χ3n) is 2.09. The Morgan fingerprint density at radius 2 is 2.00 bits per heavy atom. The number of likely N-dealkylation sites (tertiary alicyclic amines) is 1. The van der Waals surface area contributed by atoms with Crippen LogP contribution in [0.2, 0.25) is 0 Å². The molecule has 1 saturated heterocycles. The molecular formula is C9H15N3O. The van der Waals surface area contributed by atoms with E-state index in [0.29, 0.717) is 0 Å². The summed E-state index contributed by atoms with van der Waals surface area (Å²) >= 11 is 0. The van der Waals surface area contributed by atoms with Gasteiger partial charge in [-0.15, -0.1) is 0 Å². The summed E-state index contributed by atoms with van der Waals surface area (Å²) in [5.74, 6) is 0. The van der Waals surface area contributed by atoms with E-state index in [9.17, 15) is 4.79 Å². The second-order valence-electron chi connectivity index (χ2n) is 3.86. The lowest BCUT2D eigenvalue weighted by molar-refractivity contribution is 0.202. The second kappa shape index (κ2) is 3.65. The van der Waals surface area contributed by atoms with Crippen LogP contribution < -0.4 is 5.32 Å². The quantitative estimate of drug-likeness (QED) is 0.658. The molecule has 72 valence electrons. The largest absolute Gasteiger partial charge is 0.325 e. The number of nitrogens with zero attached hydrogens (tertiary/aromatic N) is 2. The van der Waals surface area contributed by atoms with E-state index in [0.717, 1.165) is 25.9 Å². The first-order valence-electron chi connectivity index (χ1n) is 4.53. The van der Waals surface area contributed by atoms with Gasteiger partial charge in [0.05, 0.1) is 6.07 Å². The van der Waals surface area contributed by atoms with Crippen molar-refractivity contribution in [1.82, 2.24) is 10.2 Å². The summed E-state index contributed by atoms with van der Waals surface area (Å²) in [5, 5.41) is 11.4. The summed E-state index contributed by atoms with van der Waals surface area (Å²) < 4.78 is 0. The van der Waals surface area contributed by atoms with E-state index in [4.69, 9.17) is 5.26 Å². The van der Waals surface area contributed by atoms with E-state index < -0.39 is 5.54 Å². The fourth-order valence-corrected chi connectivity index (χ4v) is 1.29. The van der Waals surface area contributed by atoms with Gasteiger partial charge in [-0.05, 0) is 26.7 Å². The first-order chi connectivity index (χ1) is 6.05. The first kappa shape index (κ1) is 9.85. The van der Waals surface area contributed by atoms with Crippen LogP contribution in [0.4, 0.5) is 4.79 Å². The summed E-state index contributed by atoms with van der Waals surface area (Å²) in [6.45, 7) is 5.02. The van der Waals surface area contributed by atoms with Crippen molar-refractivity contribution >= 4 is 6.03 Å². The third-order valence-corrected chi connectivity index (χ3v) is 2.09. The standard InChI is InChI=1S/C9H15N3O/c1-9(2,7-10)11-8(13)12-5-3-4-6-12/h3-6H2,1-2H3,(H,11,13). The molecule has 0 radical (unpaired) electrons. The van der Waals surface area contributed by atoms with Crippen LogP contribution in [0.5, 0.6) is 0 Å². The number of urea groups is 1. The van der Waals surface area contributed by atoms with Crippen LogP contribution >= 0.6 is 0 Å². The van der Waals surface area contributed by atoms with Gasteiger partial charge >= 0.3 is 6.03 Å². The Balaban J connectivity index is 2.45. The summed E-state index contributed by atoms with van der Waals surface area (Å²) in [7, 11) is 0. The van der Waals surface area contributed by atoms with Gasteiger partial charge in [-0.3, -0.25) is 0 Å². The number of carbonyl (C=O) groups is 1. The Morgan fingerprint density at radius 1 is 1.46 bits per heavy atom. The molecule has 0 spiro atoms. The van der Waals surface area contributed by atoms with Crippen molar-refractivity contribution in [2.45, 2.75) is 32.2 Å². The van der Waals surface area contributed by atoms with Crippen molar-refractivity contribution in [1.29, 1.82) is 5.26 Å². The maximum atomic E-state index is 11.5. The number of nitriles is 1. The zero-order valence-corrected chi connectivity index (χ0v) is 8.13. The fraction of sp³-hybridized carbons (Fsp3) is 0.778. The molecule has 0 unspecified atom stereocenters. The summed E-state index contributed by atoms with van der Waals surface area (Å²) in [4.78, 5) is 13.2. The molecule has 0 aromatic carbocycles. The Hall–Kier alpha value is -1.24. The Bertz CT molecular complexity index is 236. The maximum Gasteiger partial charge on any atom is 0.318 e. The number of carbonyl (C=O) groups excluding carboxylic acids is 1. The van der Waals surface area contributed by atoms with E-state index in [-0.39, 0.29) is 6.03 Å². The summed E-state index contributed by atoms with van der Waals surface area (Å²) in [5.41, 5.74) is -0.764. The highest BCUT2D eigenvalue weighted by Crippen LogP contribution is 2.09. The number of hydrogen-bond donors (Lipinski definition) is 1. The van der Waals surface area contributed by atoms with Gasteiger partial charge < -0.3 is 10.2 Å². The van der Waals surface area contributed by atoms with E-state index in [2.05, 4.69) is 5.32 Å². The van der Waals surface area contributed by atoms with Crippen molar-refractivity contribution in [2.24, 2.45) is 0 Å². The van der Waals surface area contributed by atoms with Gasteiger partial charge in [0.25, 0.3) is 0 Å². The SMILES string of the molecule is CC(C)(C#N)NC(=O)N1CCCC1.